The molecule has 0 aliphatic carbocycles. The highest BCUT2D eigenvalue weighted by Gasteiger charge is 2.39. The molecule has 1 aromatic carbocycles. The first-order valence-electron chi connectivity index (χ1n) is 13.2. The molecule has 2 fully saturated rings. The monoisotopic (exact) mass is 571 g/mol. The summed E-state index contributed by atoms with van der Waals surface area (Å²) in [5.41, 5.74) is 0.0376. The number of urea groups is 1. The van der Waals surface area contributed by atoms with Gasteiger partial charge >= 0.3 is 18.2 Å². The molecule has 3 aromatic rings. The zero-order valence-corrected chi connectivity index (χ0v) is 22.4. The number of nitrogens with one attached hydrogen (secondary N) is 1. The summed E-state index contributed by atoms with van der Waals surface area (Å²) in [6.07, 6.45) is -0.159. The van der Waals surface area contributed by atoms with Gasteiger partial charge in [-0.15, -0.1) is 0 Å². The number of fused-ring (bicyclic) bond motifs is 4. The van der Waals surface area contributed by atoms with E-state index in [1.807, 2.05) is 13.8 Å². The van der Waals surface area contributed by atoms with Crippen LogP contribution in [-0.2, 0) is 15.7 Å². The molecule has 2 atom stereocenters. The molecule has 1 N–H and O–H groups in total. The van der Waals surface area contributed by atoms with Crippen molar-refractivity contribution in [2.45, 2.75) is 50.8 Å². The third-order valence-corrected chi connectivity index (χ3v) is 7.08. The lowest BCUT2D eigenvalue weighted by atomic mass is 10.0. The van der Waals surface area contributed by atoms with E-state index in [1.54, 1.807) is 6.20 Å². The van der Waals surface area contributed by atoms with Crippen LogP contribution < -0.4 is 19.9 Å². The van der Waals surface area contributed by atoms with Crippen molar-refractivity contribution < 1.29 is 32.2 Å². The maximum Gasteiger partial charge on any atom is 0.416 e. The molecule has 14 heteroatoms. The largest absolute Gasteiger partial charge is 0.461 e. The highest BCUT2D eigenvalue weighted by atomic mass is 19.4. The lowest BCUT2D eigenvalue weighted by Gasteiger charge is -2.45. The first-order valence-corrected chi connectivity index (χ1v) is 13.2. The fraction of sp³-hybridized carbons (Fsp3) is 0.444. The number of carbonyl (C=O) groups excluding carboxylic acids is 1. The summed E-state index contributed by atoms with van der Waals surface area (Å²) < 4.78 is 56.9. The van der Waals surface area contributed by atoms with Gasteiger partial charge in [0.1, 0.15) is 18.5 Å². The number of nitrogens with zero attached hydrogens (tertiary/aromatic N) is 6. The fourth-order valence-corrected chi connectivity index (χ4v) is 5.22. The van der Waals surface area contributed by atoms with Crippen LogP contribution in [0.25, 0.3) is 11.4 Å². The topological polar surface area (TPSA) is 115 Å². The lowest BCUT2D eigenvalue weighted by Crippen LogP contribution is -2.56. The molecule has 2 aromatic heterocycles. The van der Waals surface area contributed by atoms with Gasteiger partial charge in [0.05, 0.1) is 30.1 Å². The van der Waals surface area contributed by atoms with Crippen LogP contribution in [0.1, 0.15) is 32.3 Å². The van der Waals surface area contributed by atoms with Crippen LogP contribution in [0, 0.1) is 0 Å². The maximum absolute atomic E-state index is 13.7. The normalized spacial score (nSPS) is 21.4. The second kappa shape index (κ2) is 10.4. The Kier molecular flexibility index (Phi) is 6.90. The summed E-state index contributed by atoms with van der Waals surface area (Å²) in [5.74, 6) is -0.0506. The number of aromatic nitrogens is 4. The van der Waals surface area contributed by atoms with Crippen LogP contribution in [0.5, 0.6) is 6.01 Å². The van der Waals surface area contributed by atoms with E-state index < -0.39 is 23.6 Å². The quantitative estimate of drug-likeness (QED) is 0.473. The highest BCUT2D eigenvalue weighted by molar-refractivity contribution is 6.04. The van der Waals surface area contributed by atoms with Gasteiger partial charge in [-0.25, -0.2) is 19.7 Å². The van der Waals surface area contributed by atoms with Gasteiger partial charge in [-0.2, -0.15) is 18.2 Å². The van der Waals surface area contributed by atoms with Gasteiger partial charge in [-0.1, -0.05) is 12.1 Å². The zero-order chi connectivity index (χ0) is 28.8. The minimum absolute atomic E-state index is 0.0631. The Morgan fingerprint density at radius 1 is 1.22 bits per heavy atom. The fourth-order valence-electron chi connectivity index (χ4n) is 5.22. The Morgan fingerprint density at radius 2 is 2.07 bits per heavy atom. The van der Waals surface area contributed by atoms with Gasteiger partial charge in [0.2, 0.25) is 0 Å². The van der Waals surface area contributed by atoms with Gasteiger partial charge < -0.3 is 19.1 Å². The second-order valence-corrected chi connectivity index (χ2v) is 10.5. The molecule has 41 heavy (non-hydrogen) atoms. The predicted octanol–water partition coefficient (Wildman–Crippen LogP) is 4.50. The van der Waals surface area contributed by atoms with E-state index in [2.05, 4.69) is 30.2 Å². The van der Waals surface area contributed by atoms with Crippen molar-refractivity contribution in [1.29, 1.82) is 0 Å². The van der Waals surface area contributed by atoms with Crippen molar-refractivity contribution in [2.24, 2.45) is 0 Å². The Hall–Kier alpha value is -4.04. The summed E-state index contributed by atoms with van der Waals surface area (Å²) in [6.45, 7) is 5.54. The van der Waals surface area contributed by atoms with E-state index in [0.29, 0.717) is 24.7 Å². The van der Waals surface area contributed by atoms with Gasteiger partial charge in [-0.3, -0.25) is 10.2 Å². The number of halogens is 3. The van der Waals surface area contributed by atoms with Crippen molar-refractivity contribution in [3.63, 3.8) is 0 Å². The Balaban J connectivity index is 1.24. The SMILES string of the molecule is CC1(C)OCC(COc2nccc(NC(=O)N3c4nc(-c5cccc(C(F)(F)F)c5)ncc4N4CCC[C@H]3C4)n2)O1. The van der Waals surface area contributed by atoms with Gasteiger partial charge in [0, 0.05) is 24.8 Å². The first-order chi connectivity index (χ1) is 19.6. The van der Waals surface area contributed by atoms with E-state index in [1.165, 1.54) is 29.3 Å². The molecule has 216 valence electrons. The molecule has 2 saturated heterocycles. The Labute approximate surface area is 233 Å². The number of anilines is 3. The smallest absolute Gasteiger partial charge is 0.416 e. The van der Waals surface area contributed by atoms with Crippen LogP contribution in [-0.4, -0.2) is 70.2 Å². The molecule has 6 rings (SSSR count). The molecular weight excluding hydrogens is 543 g/mol. The van der Waals surface area contributed by atoms with E-state index in [0.717, 1.165) is 31.5 Å². The molecular formula is C27H28F3N7O4. The van der Waals surface area contributed by atoms with Crippen molar-refractivity contribution in [3.8, 4) is 17.4 Å². The molecule has 1 unspecified atom stereocenters. The average molecular weight is 572 g/mol. The molecule has 0 spiro atoms. The molecule has 3 aliphatic heterocycles. The summed E-state index contributed by atoms with van der Waals surface area (Å²) >= 11 is 0. The number of piperidine rings is 1. The molecule has 5 heterocycles. The molecule has 2 amide bonds. The van der Waals surface area contributed by atoms with Crippen molar-refractivity contribution in [1.82, 2.24) is 19.9 Å². The molecule has 0 radical (unpaired) electrons. The second-order valence-electron chi connectivity index (χ2n) is 10.5. The maximum atomic E-state index is 13.7. The van der Waals surface area contributed by atoms with Crippen molar-refractivity contribution >= 4 is 23.4 Å². The standard InChI is InChI=1S/C27H28F3N7O4/c1-26(2)40-15-19(41-26)14-39-24-31-9-8-21(33-24)34-25(38)37-18-7-4-10-36(13-18)20-12-32-22(35-23(20)37)16-5-3-6-17(11-16)27(28,29)30/h3,5-6,8-9,11-12,18-19H,4,7,10,13-15H2,1-2H3,(H,31,33,34,38)/t18-,19?/m0/s1. The van der Waals surface area contributed by atoms with Crippen LogP contribution in [0.4, 0.5) is 35.3 Å². The summed E-state index contributed by atoms with van der Waals surface area (Å²) in [4.78, 5) is 34.7. The number of amides is 2. The Bertz CT molecular complexity index is 1450. The first kappa shape index (κ1) is 27.1. The Morgan fingerprint density at radius 3 is 2.85 bits per heavy atom. The van der Waals surface area contributed by atoms with Gasteiger partial charge in [0.15, 0.2) is 17.4 Å². The molecule has 2 bridgehead atoms. The van der Waals surface area contributed by atoms with Crippen molar-refractivity contribution in [2.75, 3.05) is 41.4 Å². The summed E-state index contributed by atoms with van der Waals surface area (Å²) in [7, 11) is 0. The van der Waals surface area contributed by atoms with Crippen LogP contribution in [0.15, 0.2) is 42.7 Å². The van der Waals surface area contributed by atoms with E-state index >= 15 is 0 Å². The number of alkyl halides is 3. The van der Waals surface area contributed by atoms with E-state index in [9.17, 15) is 18.0 Å². The third kappa shape index (κ3) is 5.75. The number of benzene rings is 1. The summed E-state index contributed by atoms with van der Waals surface area (Å²) in [6, 6.07) is 5.74. The van der Waals surface area contributed by atoms with Crippen molar-refractivity contribution in [3.05, 3.63) is 48.3 Å². The number of hydrogen-bond donors (Lipinski definition) is 1. The molecule has 11 nitrogen and oxygen atoms in total. The third-order valence-electron chi connectivity index (χ3n) is 7.08. The van der Waals surface area contributed by atoms with E-state index in [-0.39, 0.29) is 42.0 Å². The van der Waals surface area contributed by atoms with Gasteiger partial charge in [0.25, 0.3) is 0 Å². The molecule has 3 aliphatic rings. The number of hydrogen-bond acceptors (Lipinski definition) is 9. The van der Waals surface area contributed by atoms with Gasteiger partial charge in [-0.05, 0) is 44.9 Å². The zero-order valence-electron chi connectivity index (χ0n) is 22.4. The average Bonchev–Trinajstić information content (AvgIpc) is 3.30. The van der Waals surface area contributed by atoms with E-state index in [4.69, 9.17) is 14.2 Å². The minimum atomic E-state index is -4.51. The highest BCUT2D eigenvalue weighted by Crippen LogP contribution is 2.39. The minimum Gasteiger partial charge on any atom is -0.461 e. The molecule has 0 saturated carbocycles. The number of ether oxygens (including phenoxy) is 3. The van der Waals surface area contributed by atoms with Crippen LogP contribution >= 0.6 is 0 Å². The van der Waals surface area contributed by atoms with Crippen LogP contribution in [0.3, 0.4) is 0 Å². The number of rotatable bonds is 5. The lowest BCUT2D eigenvalue weighted by molar-refractivity contribution is -0.141. The number of carbonyl (C=O) groups is 1. The van der Waals surface area contributed by atoms with Crippen LogP contribution in [0.2, 0.25) is 0 Å². The predicted molar refractivity (Wildman–Crippen MR) is 142 cm³/mol. The summed E-state index contributed by atoms with van der Waals surface area (Å²) in [5, 5.41) is 2.80.